The molecule has 6 nitrogen and oxygen atoms in total. The van der Waals surface area contributed by atoms with Gasteiger partial charge in [-0.3, -0.25) is 4.90 Å². The maximum Gasteiger partial charge on any atom is 0.410 e. The minimum absolute atomic E-state index is 0.0194. The standard InChI is InChI=1S/C30H30BrClN2O4/c1-30(2,3)38-29(36)34-13-12-33(17-27(34)19-14-20(31)16-21(32)15-19)28(35)37-18-26-24-10-6-4-8-22(24)23-9-5-7-11-25(23)26/h4-11,14-16,26-27H,12-13,17-18H2,1-3H3. The summed E-state index contributed by atoms with van der Waals surface area (Å²) in [5, 5.41) is 0.539. The molecular formula is C30H30BrClN2O4. The van der Waals surface area contributed by atoms with Gasteiger partial charge in [0.1, 0.15) is 12.2 Å². The lowest BCUT2D eigenvalue weighted by molar-refractivity contribution is -0.00327. The van der Waals surface area contributed by atoms with Crippen molar-refractivity contribution in [2.24, 2.45) is 0 Å². The minimum Gasteiger partial charge on any atom is -0.448 e. The van der Waals surface area contributed by atoms with Crippen LogP contribution in [0.4, 0.5) is 9.59 Å². The van der Waals surface area contributed by atoms with Gasteiger partial charge in [0, 0.05) is 35.0 Å². The molecule has 5 rings (SSSR count). The summed E-state index contributed by atoms with van der Waals surface area (Å²) in [6, 6.07) is 21.6. The van der Waals surface area contributed by atoms with E-state index in [0.717, 1.165) is 21.2 Å². The molecule has 1 aliphatic carbocycles. The number of fused-ring (bicyclic) bond motifs is 3. The molecule has 0 saturated carbocycles. The van der Waals surface area contributed by atoms with Gasteiger partial charge in [-0.15, -0.1) is 0 Å². The SMILES string of the molecule is CC(C)(C)OC(=O)N1CCN(C(=O)OCC2c3ccccc3-c3ccccc32)CC1c1cc(Cl)cc(Br)c1. The van der Waals surface area contributed by atoms with Crippen LogP contribution in [-0.2, 0) is 9.47 Å². The molecule has 0 radical (unpaired) electrons. The minimum atomic E-state index is -0.638. The van der Waals surface area contributed by atoms with Crippen molar-refractivity contribution in [3.63, 3.8) is 0 Å². The van der Waals surface area contributed by atoms with Crippen molar-refractivity contribution in [1.29, 1.82) is 0 Å². The van der Waals surface area contributed by atoms with E-state index in [9.17, 15) is 9.59 Å². The molecule has 8 heteroatoms. The third-order valence-electron chi connectivity index (χ3n) is 6.87. The van der Waals surface area contributed by atoms with Gasteiger partial charge in [-0.05, 0) is 66.8 Å². The summed E-state index contributed by atoms with van der Waals surface area (Å²) in [6.45, 7) is 6.67. The molecule has 0 aromatic heterocycles. The van der Waals surface area contributed by atoms with Crippen LogP contribution in [0.3, 0.4) is 0 Å². The summed E-state index contributed by atoms with van der Waals surface area (Å²) in [5.74, 6) is -0.0194. The fourth-order valence-electron chi connectivity index (χ4n) is 5.23. The second-order valence-corrected chi connectivity index (χ2v) is 12.0. The average molecular weight is 598 g/mol. The van der Waals surface area contributed by atoms with Crippen molar-refractivity contribution in [3.05, 3.63) is 92.9 Å². The molecule has 0 spiro atoms. The van der Waals surface area contributed by atoms with Gasteiger partial charge < -0.3 is 14.4 Å². The predicted molar refractivity (Wildman–Crippen MR) is 151 cm³/mol. The summed E-state index contributed by atoms with van der Waals surface area (Å²) in [5.41, 5.74) is 4.87. The van der Waals surface area contributed by atoms with E-state index in [1.165, 1.54) is 11.1 Å². The molecular weight excluding hydrogens is 568 g/mol. The number of piperazine rings is 1. The Morgan fingerprint density at radius 2 is 1.58 bits per heavy atom. The lowest BCUT2D eigenvalue weighted by atomic mass is 9.98. The Morgan fingerprint density at radius 1 is 0.947 bits per heavy atom. The Kier molecular flexibility index (Phi) is 7.43. The second-order valence-electron chi connectivity index (χ2n) is 10.6. The van der Waals surface area contributed by atoms with Gasteiger partial charge in [0.25, 0.3) is 0 Å². The molecule has 38 heavy (non-hydrogen) atoms. The zero-order valence-electron chi connectivity index (χ0n) is 21.6. The quantitative estimate of drug-likeness (QED) is 0.311. The Hall–Kier alpha value is -3.03. The molecule has 1 saturated heterocycles. The van der Waals surface area contributed by atoms with Gasteiger partial charge in [0.15, 0.2) is 0 Å². The van der Waals surface area contributed by atoms with E-state index < -0.39 is 23.8 Å². The van der Waals surface area contributed by atoms with E-state index in [1.807, 2.05) is 57.2 Å². The number of halogens is 2. The highest BCUT2D eigenvalue weighted by Crippen LogP contribution is 2.44. The van der Waals surface area contributed by atoms with Crippen LogP contribution >= 0.6 is 27.5 Å². The molecule has 3 aromatic carbocycles. The molecule has 2 aliphatic rings. The molecule has 1 fully saturated rings. The lowest BCUT2D eigenvalue weighted by Crippen LogP contribution is -2.53. The number of benzene rings is 3. The van der Waals surface area contributed by atoms with Gasteiger partial charge in [-0.25, -0.2) is 9.59 Å². The average Bonchev–Trinajstić information content (AvgIpc) is 3.19. The molecule has 1 unspecified atom stereocenters. The topological polar surface area (TPSA) is 59.1 Å². The van der Waals surface area contributed by atoms with Crippen LogP contribution in [0, 0.1) is 0 Å². The Balaban J connectivity index is 1.34. The first kappa shape index (κ1) is 26.6. The van der Waals surface area contributed by atoms with Gasteiger partial charge in [-0.1, -0.05) is 76.1 Å². The van der Waals surface area contributed by atoms with Gasteiger partial charge in [-0.2, -0.15) is 0 Å². The van der Waals surface area contributed by atoms with Crippen LogP contribution in [0.25, 0.3) is 11.1 Å². The predicted octanol–water partition coefficient (Wildman–Crippen LogP) is 7.65. The second kappa shape index (κ2) is 10.6. The van der Waals surface area contributed by atoms with E-state index in [4.69, 9.17) is 21.1 Å². The Labute approximate surface area is 236 Å². The number of carbonyl (C=O) groups excluding carboxylic acids is 2. The van der Waals surface area contributed by atoms with Gasteiger partial charge in [0.2, 0.25) is 0 Å². The van der Waals surface area contributed by atoms with E-state index >= 15 is 0 Å². The molecule has 1 heterocycles. The summed E-state index contributed by atoms with van der Waals surface area (Å²) >= 11 is 9.83. The van der Waals surface area contributed by atoms with Crippen molar-refractivity contribution >= 4 is 39.7 Å². The number of nitrogens with zero attached hydrogens (tertiary/aromatic N) is 2. The van der Waals surface area contributed by atoms with Crippen molar-refractivity contribution in [3.8, 4) is 11.1 Å². The summed E-state index contributed by atoms with van der Waals surface area (Å²) in [7, 11) is 0. The number of rotatable bonds is 3. The highest BCUT2D eigenvalue weighted by atomic mass is 79.9. The first-order valence-electron chi connectivity index (χ1n) is 12.7. The van der Waals surface area contributed by atoms with E-state index in [2.05, 4.69) is 40.2 Å². The molecule has 0 N–H and O–H groups in total. The summed E-state index contributed by atoms with van der Waals surface area (Å²) < 4.78 is 12.4. The third kappa shape index (κ3) is 5.54. The van der Waals surface area contributed by atoms with E-state index in [0.29, 0.717) is 18.1 Å². The zero-order chi connectivity index (χ0) is 27.0. The van der Waals surface area contributed by atoms with Crippen LogP contribution in [0.5, 0.6) is 0 Å². The fourth-order valence-corrected chi connectivity index (χ4v) is 6.11. The number of hydrogen-bond acceptors (Lipinski definition) is 4. The van der Waals surface area contributed by atoms with Gasteiger partial charge in [0.05, 0.1) is 6.04 Å². The molecule has 2 amide bonds. The van der Waals surface area contributed by atoms with Crippen molar-refractivity contribution in [2.45, 2.75) is 38.3 Å². The molecule has 0 bridgehead atoms. The highest BCUT2D eigenvalue weighted by molar-refractivity contribution is 9.10. The summed E-state index contributed by atoms with van der Waals surface area (Å²) in [6.07, 6.45) is -0.826. The molecule has 3 aromatic rings. The van der Waals surface area contributed by atoms with Crippen molar-refractivity contribution in [1.82, 2.24) is 9.80 Å². The van der Waals surface area contributed by atoms with Crippen LogP contribution < -0.4 is 0 Å². The fraction of sp³-hybridized carbons (Fsp3) is 0.333. The smallest absolute Gasteiger partial charge is 0.410 e. The first-order valence-corrected chi connectivity index (χ1v) is 13.8. The maximum absolute atomic E-state index is 13.3. The third-order valence-corrected chi connectivity index (χ3v) is 7.55. The lowest BCUT2D eigenvalue weighted by Gasteiger charge is -2.41. The molecule has 198 valence electrons. The zero-order valence-corrected chi connectivity index (χ0v) is 24.0. The maximum atomic E-state index is 13.3. The number of amides is 2. The first-order chi connectivity index (χ1) is 18.1. The summed E-state index contributed by atoms with van der Waals surface area (Å²) in [4.78, 5) is 29.8. The van der Waals surface area contributed by atoms with Crippen molar-refractivity contribution in [2.75, 3.05) is 26.2 Å². The molecule has 1 atom stereocenters. The Morgan fingerprint density at radius 3 is 2.18 bits per heavy atom. The number of ether oxygens (including phenoxy) is 2. The molecule has 1 aliphatic heterocycles. The van der Waals surface area contributed by atoms with E-state index in [1.54, 1.807) is 15.9 Å². The van der Waals surface area contributed by atoms with Crippen LogP contribution in [0.15, 0.2) is 71.2 Å². The van der Waals surface area contributed by atoms with Crippen LogP contribution in [0.1, 0.15) is 49.4 Å². The highest BCUT2D eigenvalue weighted by Gasteiger charge is 2.37. The Bertz CT molecular complexity index is 1310. The van der Waals surface area contributed by atoms with Crippen molar-refractivity contribution < 1.29 is 19.1 Å². The van der Waals surface area contributed by atoms with Crippen LogP contribution in [-0.4, -0.2) is 53.8 Å². The largest absolute Gasteiger partial charge is 0.448 e. The van der Waals surface area contributed by atoms with Crippen LogP contribution in [0.2, 0.25) is 5.02 Å². The van der Waals surface area contributed by atoms with Gasteiger partial charge >= 0.3 is 12.2 Å². The number of carbonyl (C=O) groups is 2. The normalized spacial score (nSPS) is 17.1. The number of hydrogen-bond donors (Lipinski definition) is 0. The monoisotopic (exact) mass is 596 g/mol. The van der Waals surface area contributed by atoms with E-state index in [-0.39, 0.29) is 19.1 Å².